The number of anilines is 1. The zero-order chi connectivity index (χ0) is 15.2. The summed E-state index contributed by atoms with van der Waals surface area (Å²) in [6, 6.07) is 2.27. The molecule has 21 heavy (non-hydrogen) atoms. The maximum Gasteiger partial charge on any atom is 0.167 e. The Morgan fingerprint density at radius 1 is 1.38 bits per heavy atom. The number of ether oxygens (including phenoxy) is 1. The molecule has 2 rings (SSSR count). The molecule has 1 atom stereocenters. The molecule has 1 N–H and O–H groups in total. The Hall–Kier alpha value is -1.71. The van der Waals surface area contributed by atoms with Crippen LogP contribution >= 0.6 is 0 Å². The van der Waals surface area contributed by atoms with Crippen LogP contribution in [0.25, 0.3) is 0 Å². The van der Waals surface area contributed by atoms with Gasteiger partial charge in [-0.25, -0.2) is 0 Å². The summed E-state index contributed by atoms with van der Waals surface area (Å²) < 4.78 is 5.71. The van der Waals surface area contributed by atoms with Crippen molar-refractivity contribution in [3.05, 3.63) is 16.8 Å². The Balaban J connectivity index is 2.11. The summed E-state index contributed by atoms with van der Waals surface area (Å²) in [7, 11) is 2.08. The summed E-state index contributed by atoms with van der Waals surface area (Å²) in [5.74, 6) is 0.573. The number of nitrogens with zero attached hydrogens (tertiary/aromatic N) is 4. The van der Waals surface area contributed by atoms with Crippen LogP contribution in [0.4, 0.5) is 5.82 Å². The molecule has 0 radical (unpaired) electrons. The van der Waals surface area contributed by atoms with Crippen LogP contribution in [-0.2, 0) is 17.6 Å². The Bertz CT molecular complexity index is 526. The Morgan fingerprint density at radius 2 is 2.19 bits per heavy atom. The van der Waals surface area contributed by atoms with E-state index in [0.29, 0.717) is 17.9 Å². The van der Waals surface area contributed by atoms with Gasteiger partial charge >= 0.3 is 0 Å². The maximum atomic E-state index is 9.43. The fraction of sp³-hybridized carbons (Fsp3) is 0.667. The van der Waals surface area contributed by atoms with E-state index in [9.17, 15) is 5.26 Å². The Morgan fingerprint density at radius 3 is 2.81 bits per heavy atom. The normalized spacial score (nSPS) is 19.2. The van der Waals surface area contributed by atoms with Crippen molar-refractivity contribution in [3.8, 4) is 6.07 Å². The maximum absolute atomic E-state index is 9.43. The largest absolute Gasteiger partial charge is 0.374 e. The molecule has 114 valence electrons. The van der Waals surface area contributed by atoms with Gasteiger partial charge in [0, 0.05) is 19.6 Å². The number of hydrogen-bond acceptors (Lipinski definition) is 6. The van der Waals surface area contributed by atoms with Crippen LogP contribution in [0.3, 0.4) is 0 Å². The Labute approximate surface area is 126 Å². The third kappa shape index (κ3) is 3.69. The van der Waals surface area contributed by atoms with E-state index in [2.05, 4.69) is 33.5 Å². The fourth-order valence-corrected chi connectivity index (χ4v) is 2.62. The van der Waals surface area contributed by atoms with Crippen molar-refractivity contribution >= 4 is 5.82 Å². The van der Waals surface area contributed by atoms with Crippen LogP contribution < -0.4 is 5.32 Å². The molecule has 6 heteroatoms. The predicted molar refractivity (Wildman–Crippen MR) is 81.2 cm³/mol. The minimum atomic E-state index is 0.119. The molecule has 1 fully saturated rings. The second-order valence-electron chi connectivity index (χ2n) is 5.30. The molecular formula is C15H23N5O. The smallest absolute Gasteiger partial charge is 0.167 e. The lowest BCUT2D eigenvalue weighted by Gasteiger charge is -2.30. The topological polar surface area (TPSA) is 74.1 Å². The van der Waals surface area contributed by atoms with Crippen LogP contribution in [0.15, 0.2) is 0 Å². The van der Waals surface area contributed by atoms with Crippen molar-refractivity contribution in [2.24, 2.45) is 0 Å². The van der Waals surface area contributed by atoms with Gasteiger partial charge in [0.1, 0.15) is 11.6 Å². The highest BCUT2D eigenvalue weighted by molar-refractivity contribution is 5.56. The zero-order valence-corrected chi connectivity index (χ0v) is 13.0. The van der Waals surface area contributed by atoms with Gasteiger partial charge in [-0.1, -0.05) is 13.8 Å². The highest BCUT2D eigenvalue weighted by atomic mass is 16.5. The average Bonchev–Trinajstić information content (AvgIpc) is 2.51. The highest BCUT2D eigenvalue weighted by Crippen LogP contribution is 2.20. The lowest BCUT2D eigenvalue weighted by molar-refractivity contribution is -0.0117. The molecule has 1 aromatic heterocycles. The fourth-order valence-electron chi connectivity index (χ4n) is 2.62. The van der Waals surface area contributed by atoms with Gasteiger partial charge in [0.2, 0.25) is 0 Å². The third-order valence-corrected chi connectivity index (χ3v) is 3.80. The minimum absolute atomic E-state index is 0.119. The first-order chi connectivity index (χ1) is 10.2. The molecule has 1 aliphatic rings. The van der Waals surface area contributed by atoms with Gasteiger partial charge in [-0.2, -0.15) is 10.4 Å². The summed E-state index contributed by atoms with van der Waals surface area (Å²) in [4.78, 5) is 2.24. The van der Waals surface area contributed by atoms with Gasteiger partial charge in [0.05, 0.1) is 18.4 Å². The van der Waals surface area contributed by atoms with E-state index in [1.807, 2.05) is 13.8 Å². The van der Waals surface area contributed by atoms with E-state index < -0.39 is 0 Å². The van der Waals surface area contributed by atoms with E-state index >= 15 is 0 Å². The molecule has 0 aliphatic carbocycles. The van der Waals surface area contributed by atoms with Gasteiger partial charge in [-0.05, 0) is 25.5 Å². The number of aromatic nitrogens is 2. The molecule has 0 spiro atoms. The van der Waals surface area contributed by atoms with Gasteiger partial charge in [-0.3, -0.25) is 0 Å². The van der Waals surface area contributed by atoms with E-state index in [0.717, 1.165) is 43.8 Å². The van der Waals surface area contributed by atoms with Crippen LogP contribution in [0.2, 0.25) is 0 Å². The molecular weight excluding hydrogens is 266 g/mol. The minimum Gasteiger partial charge on any atom is -0.374 e. The van der Waals surface area contributed by atoms with Crippen LogP contribution in [0.5, 0.6) is 0 Å². The summed E-state index contributed by atoms with van der Waals surface area (Å²) in [6.07, 6.45) is 1.70. The van der Waals surface area contributed by atoms with Crippen molar-refractivity contribution in [1.29, 1.82) is 5.26 Å². The molecule has 1 unspecified atom stereocenters. The SMILES string of the molecule is CCc1nnc(NCC2CN(C)CCO2)c(C#N)c1CC. The predicted octanol–water partition coefficient (Wildman–Crippen LogP) is 1.22. The van der Waals surface area contributed by atoms with Crippen LogP contribution in [0, 0.1) is 11.3 Å². The molecule has 0 amide bonds. The molecule has 0 aromatic carbocycles. The second kappa shape index (κ2) is 7.34. The van der Waals surface area contributed by atoms with Gasteiger partial charge in [0.25, 0.3) is 0 Å². The summed E-state index contributed by atoms with van der Waals surface area (Å²) in [6.45, 7) is 7.31. The number of hydrogen-bond donors (Lipinski definition) is 1. The van der Waals surface area contributed by atoms with E-state index in [1.165, 1.54) is 0 Å². The molecule has 2 heterocycles. The van der Waals surface area contributed by atoms with Crippen molar-refractivity contribution < 1.29 is 4.74 Å². The standard InChI is InChI=1S/C15H23N5O/c1-4-12-13(8-16)15(19-18-14(12)5-2)17-9-11-10-20(3)6-7-21-11/h11H,4-7,9-10H2,1-3H3,(H,17,19). The molecule has 0 saturated carbocycles. The second-order valence-corrected chi connectivity index (χ2v) is 5.30. The van der Waals surface area contributed by atoms with Crippen molar-refractivity contribution in [2.45, 2.75) is 32.8 Å². The summed E-state index contributed by atoms with van der Waals surface area (Å²) in [5.41, 5.74) is 2.53. The van der Waals surface area contributed by atoms with Crippen molar-refractivity contribution in [3.63, 3.8) is 0 Å². The summed E-state index contributed by atoms with van der Waals surface area (Å²) in [5, 5.41) is 21.1. The average molecular weight is 289 g/mol. The molecule has 1 aromatic rings. The number of rotatable bonds is 5. The number of aryl methyl sites for hydroxylation is 1. The van der Waals surface area contributed by atoms with Gasteiger partial charge in [0.15, 0.2) is 5.82 Å². The highest BCUT2D eigenvalue weighted by Gasteiger charge is 2.19. The first-order valence-corrected chi connectivity index (χ1v) is 7.52. The molecule has 6 nitrogen and oxygen atoms in total. The number of nitriles is 1. The monoisotopic (exact) mass is 289 g/mol. The molecule has 1 saturated heterocycles. The van der Waals surface area contributed by atoms with Gasteiger partial charge < -0.3 is 15.0 Å². The number of likely N-dealkylation sites (N-methyl/N-ethyl adjacent to an activating group) is 1. The lowest BCUT2D eigenvalue weighted by Crippen LogP contribution is -2.43. The zero-order valence-electron chi connectivity index (χ0n) is 13.0. The number of morpholine rings is 1. The summed E-state index contributed by atoms with van der Waals surface area (Å²) >= 11 is 0. The van der Waals surface area contributed by atoms with E-state index in [-0.39, 0.29) is 6.10 Å². The third-order valence-electron chi connectivity index (χ3n) is 3.80. The Kier molecular flexibility index (Phi) is 5.48. The molecule has 1 aliphatic heterocycles. The van der Waals surface area contributed by atoms with Crippen molar-refractivity contribution in [2.75, 3.05) is 38.6 Å². The van der Waals surface area contributed by atoms with E-state index in [4.69, 9.17) is 4.74 Å². The van der Waals surface area contributed by atoms with E-state index in [1.54, 1.807) is 0 Å². The van der Waals surface area contributed by atoms with Crippen molar-refractivity contribution in [1.82, 2.24) is 15.1 Å². The first kappa shape index (κ1) is 15.7. The van der Waals surface area contributed by atoms with Gasteiger partial charge in [-0.15, -0.1) is 5.10 Å². The molecule has 0 bridgehead atoms. The van der Waals surface area contributed by atoms with Crippen LogP contribution in [-0.4, -0.2) is 54.5 Å². The quantitative estimate of drug-likeness (QED) is 0.878. The van der Waals surface area contributed by atoms with Crippen LogP contribution in [0.1, 0.15) is 30.7 Å². The first-order valence-electron chi connectivity index (χ1n) is 7.52. The number of nitrogens with one attached hydrogen (secondary N) is 1. The lowest BCUT2D eigenvalue weighted by atomic mass is 10.0.